The standard InChI is InChI=1S/C15H10FN3O/c1-19-14-4-3-13(7-11(14)9-18-19)20-15-5-2-12(16)6-10(15)8-17/h2-7,9H,1H3. The van der Waals surface area contributed by atoms with E-state index in [1.807, 2.05) is 25.2 Å². The molecule has 3 rings (SSSR count). The summed E-state index contributed by atoms with van der Waals surface area (Å²) in [5, 5.41) is 14.1. The Morgan fingerprint density at radius 3 is 2.90 bits per heavy atom. The van der Waals surface area contributed by atoms with Gasteiger partial charge < -0.3 is 4.74 Å². The first-order valence-electron chi connectivity index (χ1n) is 5.96. The normalized spacial score (nSPS) is 10.4. The highest BCUT2D eigenvalue weighted by Gasteiger charge is 2.07. The zero-order valence-corrected chi connectivity index (χ0v) is 10.7. The molecule has 2 aromatic carbocycles. The molecule has 1 heterocycles. The van der Waals surface area contributed by atoms with Crippen LogP contribution in [0.3, 0.4) is 0 Å². The van der Waals surface area contributed by atoms with Crippen molar-refractivity contribution in [1.29, 1.82) is 5.26 Å². The van der Waals surface area contributed by atoms with Crippen molar-refractivity contribution in [3.05, 3.63) is 54.0 Å². The van der Waals surface area contributed by atoms with Gasteiger partial charge >= 0.3 is 0 Å². The molecule has 0 radical (unpaired) electrons. The summed E-state index contributed by atoms with van der Waals surface area (Å²) in [7, 11) is 1.86. The number of ether oxygens (including phenoxy) is 1. The SMILES string of the molecule is Cn1ncc2cc(Oc3ccc(F)cc3C#N)ccc21. The Morgan fingerprint density at radius 2 is 2.10 bits per heavy atom. The molecule has 0 saturated carbocycles. The lowest BCUT2D eigenvalue weighted by atomic mass is 10.2. The number of benzene rings is 2. The van der Waals surface area contributed by atoms with Crippen LogP contribution < -0.4 is 4.74 Å². The fraction of sp³-hybridized carbons (Fsp3) is 0.0667. The van der Waals surface area contributed by atoms with Gasteiger partial charge in [-0.2, -0.15) is 10.4 Å². The first-order valence-corrected chi connectivity index (χ1v) is 5.96. The zero-order valence-electron chi connectivity index (χ0n) is 10.7. The average molecular weight is 267 g/mol. The second-order valence-electron chi connectivity index (χ2n) is 4.34. The molecular weight excluding hydrogens is 257 g/mol. The van der Waals surface area contributed by atoms with Gasteiger partial charge in [-0.3, -0.25) is 4.68 Å². The Morgan fingerprint density at radius 1 is 1.25 bits per heavy atom. The first-order chi connectivity index (χ1) is 9.67. The summed E-state index contributed by atoms with van der Waals surface area (Å²) in [6.07, 6.45) is 1.73. The Balaban J connectivity index is 1.99. The number of fused-ring (bicyclic) bond motifs is 1. The second kappa shape index (κ2) is 4.67. The van der Waals surface area contributed by atoms with Crippen molar-refractivity contribution in [3.63, 3.8) is 0 Å². The minimum atomic E-state index is -0.461. The maximum absolute atomic E-state index is 13.1. The second-order valence-corrected chi connectivity index (χ2v) is 4.34. The molecule has 0 atom stereocenters. The number of nitriles is 1. The van der Waals surface area contributed by atoms with Gasteiger partial charge in [-0.25, -0.2) is 4.39 Å². The number of rotatable bonds is 2. The predicted molar refractivity (Wildman–Crippen MR) is 71.9 cm³/mol. The number of hydrogen-bond acceptors (Lipinski definition) is 3. The van der Waals surface area contributed by atoms with E-state index in [1.165, 1.54) is 12.1 Å². The van der Waals surface area contributed by atoms with Crippen LogP contribution in [-0.4, -0.2) is 9.78 Å². The van der Waals surface area contributed by atoms with E-state index >= 15 is 0 Å². The topological polar surface area (TPSA) is 50.8 Å². The van der Waals surface area contributed by atoms with Gasteiger partial charge in [0.05, 0.1) is 17.3 Å². The number of aryl methyl sites for hydroxylation is 1. The van der Waals surface area contributed by atoms with Gasteiger partial charge in [-0.1, -0.05) is 0 Å². The maximum Gasteiger partial charge on any atom is 0.145 e. The van der Waals surface area contributed by atoms with E-state index in [0.717, 1.165) is 17.0 Å². The largest absolute Gasteiger partial charge is 0.456 e. The highest BCUT2D eigenvalue weighted by molar-refractivity contribution is 5.80. The van der Waals surface area contributed by atoms with Gasteiger partial charge in [-0.15, -0.1) is 0 Å². The van der Waals surface area contributed by atoms with Gasteiger partial charge in [0.1, 0.15) is 23.4 Å². The molecule has 0 aliphatic carbocycles. The van der Waals surface area contributed by atoms with Gasteiger partial charge in [0, 0.05) is 12.4 Å². The molecule has 0 unspecified atom stereocenters. The van der Waals surface area contributed by atoms with E-state index in [-0.39, 0.29) is 5.56 Å². The summed E-state index contributed by atoms with van der Waals surface area (Å²) in [6, 6.07) is 11.3. The van der Waals surface area contributed by atoms with Crippen molar-refractivity contribution in [2.75, 3.05) is 0 Å². The number of hydrogen-bond donors (Lipinski definition) is 0. The minimum Gasteiger partial charge on any atom is -0.456 e. The molecule has 0 spiro atoms. The highest BCUT2D eigenvalue weighted by Crippen LogP contribution is 2.28. The Kier molecular flexibility index (Phi) is 2.84. The third-order valence-corrected chi connectivity index (χ3v) is 3.01. The molecule has 98 valence electrons. The lowest BCUT2D eigenvalue weighted by Crippen LogP contribution is -1.90. The number of nitrogens with zero attached hydrogens (tertiary/aromatic N) is 3. The zero-order chi connectivity index (χ0) is 14.1. The van der Waals surface area contributed by atoms with Crippen LogP contribution in [0.15, 0.2) is 42.6 Å². The molecule has 0 bridgehead atoms. The van der Waals surface area contributed by atoms with Gasteiger partial charge in [-0.05, 0) is 36.4 Å². The van der Waals surface area contributed by atoms with Gasteiger partial charge in [0.15, 0.2) is 0 Å². The molecule has 4 nitrogen and oxygen atoms in total. The fourth-order valence-electron chi connectivity index (χ4n) is 2.01. The molecule has 0 N–H and O–H groups in total. The summed E-state index contributed by atoms with van der Waals surface area (Å²) in [4.78, 5) is 0. The van der Waals surface area contributed by atoms with E-state index in [4.69, 9.17) is 10.00 Å². The predicted octanol–water partition coefficient (Wildman–Crippen LogP) is 3.38. The quantitative estimate of drug-likeness (QED) is 0.715. The van der Waals surface area contributed by atoms with Crippen LogP contribution in [0.2, 0.25) is 0 Å². The maximum atomic E-state index is 13.1. The summed E-state index contributed by atoms with van der Waals surface area (Å²) in [5.41, 5.74) is 1.15. The fourth-order valence-corrected chi connectivity index (χ4v) is 2.01. The lowest BCUT2D eigenvalue weighted by molar-refractivity contribution is 0.479. The third kappa shape index (κ3) is 2.08. The van der Waals surface area contributed by atoms with Crippen LogP contribution in [0.4, 0.5) is 4.39 Å². The van der Waals surface area contributed by atoms with Gasteiger partial charge in [0.25, 0.3) is 0 Å². The summed E-state index contributed by atoms with van der Waals surface area (Å²) in [6.45, 7) is 0. The summed E-state index contributed by atoms with van der Waals surface area (Å²) < 4.78 is 20.5. The molecule has 3 aromatic rings. The van der Waals surface area contributed by atoms with Crippen LogP contribution in [0.5, 0.6) is 11.5 Å². The van der Waals surface area contributed by atoms with E-state index in [0.29, 0.717) is 11.5 Å². The molecule has 20 heavy (non-hydrogen) atoms. The van der Waals surface area contributed by atoms with Crippen LogP contribution in [0, 0.1) is 17.1 Å². The van der Waals surface area contributed by atoms with Crippen molar-refractivity contribution in [3.8, 4) is 17.6 Å². The van der Waals surface area contributed by atoms with Crippen molar-refractivity contribution >= 4 is 10.9 Å². The van der Waals surface area contributed by atoms with E-state index in [1.54, 1.807) is 16.9 Å². The molecule has 0 aliphatic rings. The molecule has 0 amide bonds. The van der Waals surface area contributed by atoms with E-state index in [9.17, 15) is 4.39 Å². The van der Waals surface area contributed by atoms with E-state index in [2.05, 4.69) is 5.10 Å². The molecule has 5 heteroatoms. The smallest absolute Gasteiger partial charge is 0.145 e. The van der Waals surface area contributed by atoms with Crippen LogP contribution >= 0.6 is 0 Å². The summed E-state index contributed by atoms with van der Waals surface area (Å²) in [5.74, 6) is 0.447. The van der Waals surface area contributed by atoms with Crippen LogP contribution in [0.1, 0.15) is 5.56 Å². The van der Waals surface area contributed by atoms with Crippen LogP contribution in [0.25, 0.3) is 10.9 Å². The Hall–Kier alpha value is -2.87. The molecule has 1 aromatic heterocycles. The molecular formula is C15H10FN3O. The number of aromatic nitrogens is 2. The Bertz CT molecular complexity index is 833. The average Bonchev–Trinajstić information content (AvgIpc) is 2.82. The highest BCUT2D eigenvalue weighted by atomic mass is 19.1. The van der Waals surface area contributed by atoms with E-state index < -0.39 is 5.82 Å². The van der Waals surface area contributed by atoms with Crippen LogP contribution in [-0.2, 0) is 7.05 Å². The van der Waals surface area contributed by atoms with Crippen molar-refractivity contribution in [1.82, 2.24) is 9.78 Å². The molecule has 0 saturated heterocycles. The summed E-state index contributed by atoms with van der Waals surface area (Å²) >= 11 is 0. The number of halogens is 1. The van der Waals surface area contributed by atoms with Crippen molar-refractivity contribution < 1.29 is 9.13 Å². The first kappa shape index (κ1) is 12.2. The monoisotopic (exact) mass is 267 g/mol. The lowest BCUT2D eigenvalue weighted by Gasteiger charge is -2.07. The minimum absolute atomic E-state index is 0.163. The third-order valence-electron chi connectivity index (χ3n) is 3.01. The van der Waals surface area contributed by atoms with Crippen molar-refractivity contribution in [2.24, 2.45) is 7.05 Å². The molecule has 0 fully saturated rings. The van der Waals surface area contributed by atoms with Crippen molar-refractivity contribution in [2.45, 2.75) is 0 Å². The van der Waals surface area contributed by atoms with Gasteiger partial charge in [0.2, 0.25) is 0 Å². The Labute approximate surface area is 114 Å². The molecule has 0 aliphatic heterocycles.